The molecule has 1 N–H and O–H groups in total. The van der Waals surface area contributed by atoms with E-state index < -0.39 is 0 Å². The zero-order chi connectivity index (χ0) is 17.9. The number of rotatable bonds is 3. The number of para-hydroxylation sites is 1. The van der Waals surface area contributed by atoms with E-state index in [1.807, 2.05) is 60.7 Å². The molecule has 6 nitrogen and oxygen atoms in total. The Labute approximate surface area is 151 Å². The Morgan fingerprint density at radius 1 is 1.00 bits per heavy atom. The van der Waals surface area contributed by atoms with Crippen LogP contribution in [-0.2, 0) is 4.79 Å². The Morgan fingerprint density at radius 3 is 2.38 bits per heavy atom. The third-order valence-electron chi connectivity index (χ3n) is 4.34. The van der Waals surface area contributed by atoms with E-state index in [0.717, 1.165) is 11.3 Å². The summed E-state index contributed by atoms with van der Waals surface area (Å²) in [5, 5.41) is 7.40. The maximum absolute atomic E-state index is 13.1. The van der Waals surface area contributed by atoms with Gasteiger partial charge in [0.25, 0.3) is 5.91 Å². The van der Waals surface area contributed by atoms with E-state index in [0.29, 0.717) is 24.3 Å². The van der Waals surface area contributed by atoms with Crippen molar-refractivity contribution in [2.24, 2.45) is 0 Å². The largest absolute Gasteiger partial charge is 0.353 e. The highest BCUT2D eigenvalue weighted by atomic mass is 16.2. The molecule has 3 aromatic rings. The minimum atomic E-state index is -0.180. The standard InChI is InChI=1S/C20H18N4O2/c25-18-14-23(12-11-21-18)20(26)17-13-24(16-9-5-2-6-10-16)22-19(17)15-7-3-1-4-8-15/h1-10,13H,11-12,14H2,(H,21,25). The van der Waals surface area contributed by atoms with Crippen molar-refractivity contribution < 1.29 is 9.59 Å². The summed E-state index contributed by atoms with van der Waals surface area (Å²) in [7, 11) is 0. The van der Waals surface area contributed by atoms with Crippen LogP contribution in [0.3, 0.4) is 0 Å². The second kappa shape index (κ2) is 6.84. The molecule has 0 radical (unpaired) electrons. The first-order valence-electron chi connectivity index (χ1n) is 8.49. The second-order valence-corrected chi connectivity index (χ2v) is 6.11. The summed E-state index contributed by atoms with van der Waals surface area (Å²) in [6, 6.07) is 19.3. The molecular weight excluding hydrogens is 328 g/mol. The van der Waals surface area contributed by atoms with E-state index in [1.54, 1.807) is 15.8 Å². The molecule has 1 aliphatic heterocycles. The van der Waals surface area contributed by atoms with Gasteiger partial charge in [-0.25, -0.2) is 4.68 Å². The lowest BCUT2D eigenvalue weighted by atomic mass is 10.1. The number of aromatic nitrogens is 2. The first-order valence-corrected chi connectivity index (χ1v) is 8.49. The lowest BCUT2D eigenvalue weighted by Crippen LogP contribution is -2.50. The molecule has 2 aromatic carbocycles. The van der Waals surface area contributed by atoms with Gasteiger partial charge in [0.15, 0.2) is 0 Å². The summed E-state index contributed by atoms with van der Waals surface area (Å²) >= 11 is 0. The normalized spacial score (nSPS) is 14.2. The number of piperazine rings is 1. The summed E-state index contributed by atoms with van der Waals surface area (Å²) in [6.45, 7) is 1.04. The highest BCUT2D eigenvalue weighted by molar-refractivity contribution is 6.01. The Balaban J connectivity index is 1.78. The number of hydrogen-bond donors (Lipinski definition) is 1. The molecule has 1 saturated heterocycles. The minimum Gasteiger partial charge on any atom is -0.353 e. The van der Waals surface area contributed by atoms with Crippen molar-refractivity contribution in [1.29, 1.82) is 0 Å². The molecule has 1 fully saturated rings. The number of benzene rings is 2. The lowest BCUT2D eigenvalue weighted by molar-refractivity contribution is -0.123. The molecule has 6 heteroatoms. The first kappa shape index (κ1) is 16.1. The smallest absolute Gasteiger partial charge is 0.258 e. The topological polar surface area (TPSA) is 67.2 Å². The summed E-state index contributed by atoms with van der Waals surface area (Å²) in [5.74, 6) is -0.317. The number of amides is 2. The van der Waals surface area contributed by atoms with Crippen LogP contribution in [0.25, 0.3) is 16.9 Å². The molecule has 0 saturated carbocycles. The van der Waals surface area contributed by atoms with Crippen LogP contribution in [0, 0.1) is 0 Å². The fraction of sp³-hybridized carbons (Fsp3) is 0.150. The summed E-state index contributed by atoms with van der Waals surface area (Å²) in [6.07, 6.45) is 1.74. The third-order valence-corrected chi connectivity index (χ3v) is 4.34. The van der Waals surface area contributed by atoms with Gasteiger partial charge in [-0.2, -0.15) is 5.10 Å². The van der Waals surface area contributed by atoms with Crippen molar-refractivity contribution in [3.05, 3.63) is 72.4 Å². The van der Waals surface area contributed by atoms with Crippen LogP contribution in [0.2, 0.25) is 0 Å². The van der Waals surface area contributed by atoms with Crippen LogP contribution in [-0.4, -0.2) is 46.1 Å². The van der Waals surface area contributed by atoms with E-state index in [9.17, 15) is 9.59 Å². The van der Waals surface area contributed by atoms with Crippen molar-refractivity contribution in [3.8, 4) is 16.9 Å². The molecule has 26 heavy (non-hydrogen) atoms. The number of carbonyl (C=O) groups is 2. The zero-order valence-electron chi connectivity index (χ0n) is 14.1. The first-order chi connectivity index (χ1) is 12.7. The molecule has 4 rings (SSSR count). The molecule has 0 atom stereocenters. The second-order valence-electron chi connectivity index (χ2n) is 6.11. The summed E-state index contributed by atoms with van der Waals surface area (Å²) < 4.78 is 1.71. The molecule has 0 aliphatic carbocycles. The van der Waals surface area contributed by atoms with Crippen molar-refractivity contribution in [3.63, 3.8) is 0 Å². The predicted molar refractivity (Wildman–Crippen MR) is 97.9 cm³/mol. The Morgan fingerprint density at radius 2 is 1.69 bits per heavy atom. The van der Waals surface area contributed by atoms with Crippen LogP contribution in [0.4, 0.5) is 0 Å². The highest BCUT2D eigenvalue weighted by Crippen LogP contribution is 2.25. The van der Waals surface area contributed by atoms with Gasteiger partial charge in [0.2, 0.25) is 5.91 Å². The van der Waals surface area contributed by atoms with Crippen LogP contribution >= 0.6 is 0 Å². The molecular formula is C20H18N4O2. The molecule has 2 heterocycles. The van der Waals surface area contributed by atoms with E-state index >= 15 is 0 Å². The number of nitrogens with zero attached hydrogens (tertiary/aromatic N) is 3. The van der Waals surface area contributed by atoms with E-state index in [1.165, 1.54) is 0 Å². The molecule has 2 amide bonds. The van der Waals surface area contributed by atoms with E-state index in [-0.39, 0.29) is 18.4 Å². The molecule has 130 valence electrons. The highest BCUT2D eigenvalue weighted by Gasteiger charge is 2.26. The molecule has 0 unspecified atom stereocenters. The average Bonchev–Trinajstić information content (AvgIpc) is 3.14. The summed E-state index contributed by atoms with van der Waals surface area (Å²) in [4.78, 5) is 26.3. The van der Waals surface area contributed by atoms with Gasteiger partial charge in [-0.15, -0.1) is 0 Å². The van der Waals surface area contributed by atoms with Crippen LogP contribution in [0.5, 0.6) is 0 Å². The minimum absolute atomic E-state index is 0.0730. The van der Waals surface area contributed by atoms with Gasteiger partial charge >= 0.3 is 0 Å². The van der Waals surface area contributed by atoms with Crippen LogP contribution < -0.4 is 5.32 Å². The van der Waals surface area contributed by atoms with Crippen molar-refractivity contribution >= 4 is 11.8 Å². The van der Waals surface area contributed by atoms with Gasteiger partial charge in [0.05, 0.1) is 17.8 Å². The summed E-state index contributed by atoms with van der Waals surface area (Å²) in [5.41, 5.74) is 2.85. The lowest BCUT2D eigenvalue weighted by Gasteiger charge is -2.26. The van der Waals surface area contributed by atoms with Gasteiger partial charge in [0.1, 0.15) is 5.69 Å². The Bertz CT molecular complexity index is 935. The quantitative estimate of drug-likeness (QED) is 0.790. The number of hydrogen-bond acceptors (Lipinski definition) is 3. The fourth-order valence-electron chi connectivity index (χ4n) is 3.03. The molecule has 1 aliphatic rings. The van der Waals surface area contributed by atoms with Gasteiger partial charge in [-0.05, 0) is 12.1 Å². The maximum atomic E-state index is 13.1. The van der Waals surface area contributed by atoms with Gasteiger partial charge in [0, 0.05) is 24.8 Å². The van der Waals surface area contributed by atoms with Crippen molar-refractivity contribution in [1.82, 2.24) is 20.0 Å². The Hall–Kier alpha value is -3.41. The Kier molecular flexibility index (Phi) is 4.23. The predicted octanol–water partition coefficient (Wildman–Crippen LogP) is 2.11. The fourth-order valence-corrected chi connectivity index (χ4v) is 3.03. The number of carbonyl (C=O) groups excluding carboxylic acids is 2. The number of nitrogens with one attached hydrogen (secondary N) is 1. The SMILES string of the molecule is O=C1CN(C(=O)c2cn(-c3ccccc3)nc2-c2ccccc2)CCN1. The molecule has 0 bridgehead atoms. The van der Waals surface area contributed by atoms with Crippen LogP contribution in [0.15, 0.2) is 66.9 Å². The van der Waals surface area contributed by atoms with Crippen molar-refractivity contribution in [2.45, 2.75) is 0 Å². The van der Waals surface area contributed by atoms with Crippen molar-refractivity contribution in [2.75, 3.05) is 19.6 Å². The van der Waals surface area contributed by atoms with Gasteiger partial charge in [-0.3, -0.25) is 9.59 Å². The molecule has 1 aromatic heterocycles. The van der Waals surface area contributed by atoms with Gasteiger partial charge < -0.3 is 10.2 Å². The van der Waals surface area contributed by atoms with E-state index in [4.69, 9.17) is 0 Å². The third kappa shape index (κ3) is 3.09. The zero-order valence-corrected chi connectivity index (χ0v) is 14.1. The van der Waals surface area contributed by atoms with E-state index in [2.05, 4.69) is 10.4 Å². The van der Waals surface area contributed by atoms with Gasteiger partial charge in [-0.1, -0.05) is 48.5 Å². The average molecular weight is 346 g/mol. The molecule has 0 spiro atoms. The monoisotopic (exact) mass is 346 g/mol. The maximum Gasteiger partial charge on any atom is 0.258 e. The van der Waals surface area contributed by atoms with Crippen LogP contribution in [0.1, 0.15) is 10.4 Å².